The largest absolute Gasteiger partial charge is 0.507 e. The van der Waals surface area contributed by atoms with Crippen molar-refractivity contribution in [2.45, 2.75) is 17.5 Å². The van der Waals surface area contributed by atoms with Crippen LogP contribution in [0.5, 0.6) is 5.75 Å². The fourth-order valence-electron chi connectivity index (χ4n) is 3.28. The van der Waals surface area contributed by atoms with Gasteiger partial charge in [0.2, 0.25) is 0 Å². The van der Waals surface area contributed by atoms with Gasteiger partial charge in [0, 0.05) is 33.8 Å². The number of rotatable bonds is 6. The lowest BCUT2D eigenvalue weighted by atomic mass is 10.1. The van der Waals surface area contributed by atoms with E-state index in [1.54, 1.807) is 12.1 Å². The van der Waals surface area contributed by atoms with E-state index in [0.29, 0.717) is 12.3 Å². The Kier molecular flexibility index (Phi) is 5.19. The molecule has 0 spiro atoms. The van der Waals surface area contributed by atoms with Gasteiger partial charge in [-0.15, -0.1) is 11.8 Å². The van der Waals surface area contributed by atoms with E-state index in [1.165, 1.54) is 11.8 Å². The van der Waals surface area contributed by atoms with Crippen molar-refractivity contribution >= 4 is 22.7 Å². The molecule has 3 nitrogen and oxygen atoms in total. The maximum absolute atomic E-state index is 10.7. The van der Waals surface area contributed by atoms with E-state index >= 15 is 0 Å². The van der Waals surface area contributed by atoms with Crippen LogP contribution < -0.4 is 0 Å². The van der Waals surface area contributed by atoms with Gasteiger partial charge in [-0.3, -0.25) is 0 Å². The number of hydrogen-bond acceptors (Lipinski definition) is 3. The van der Waals surface area contributed by atoms with Crippen molar-refractivity contribution in [2.24, 2.45) is 0 Å². The number of aliphatic hydroxyl groups is 1. The summed E-state index contributed by atoms with van der Waals surface area (Å²) in [5.41, 5.74) is 3.35. The van der Waals surface area contributed by atoms with Gasteiger partial charge >= 0.3 is 0 Å². The van der Waals surface area contributed by atoms with Crippen molar-refractivity contribution in [3.05, 3.63) is 84.9 Å². The van der Waals surface area contributed by atoms with Crippen LogP contribution in [0.15, 0.2) is 89.8 Å². The summed E-state index contributed by atoms with van der Waals surface area (Å²) < 4.78 is 2.18. The number of thioether (sulfide) groups is 1. The lowest BCUT2D eigenvalue weighted by Crippen LogP contribution is -2.19. The predicted molar refractivity (Wildman–Crippen MR) is 112 cm³/mol. The first-order chi connectivity index (χ1) is 13.2. The molecule has 136 valence electrons. The van der Waals surface area contributed by atoms with Crippen molar-refractivity contribution in [1.82, 2.24) is 4.57 Å². The van der Waals surface area contributed by atoms with Crippen LogP contribution in [0.25, 0.3) is 22.2 Å². The van der Waals surface area contributed by atoms with E-state index in [-0.39, 0.29) is 5.75 Å². The number of phenolic OH excluding ortho intramolecular Hbond substituents is 1. The first-order valence-corrected chi connectivity index (χ1v) is 9.93. The van der Waals surface area contributed by atoms with Crippen molar-refractivity contribution in [2.75, 3.05) is 5.75 Å². The zero-order chi connectivity index (χ0) is 18.6. The zero-order valence-electron chi connectivity index (χ0n) is 14.8. The quantitative estimate of drug-likeness (QED) is 0.457. The molecule has 4 rings (SSSR count). The number of benzene rings is 3. The lowest BCUT2D eigenvalue weighted by Gasteiger charge is -2.16. The minimum absolute atomic E-state index is 0.256. The Morgan fingerprint density at radius 2 is 1.56 bits per heavy atom. The van der Waals surface area contributed by atoms with E-state index in [1.807, 2.05) is 42.5 Å². The summed E-state index contributed by atoms with van der Waals surface area (Å²) in [5.74, 6) is 0.768. The topological polar surface area (TPSA) is 45.4 Å². The molecule has 2 N–H and O–H groups in total. The summed E-state index contributed by atoms with van der Waals surface area (Å²) in [6.45, 7) is 0.498. The second-order valence-electron chi connectivity index (χ2n) is 6.50. The van der Waals surface area contributed by atoms with Crippen LogP contribution in [0.1, 0.15) is 0 Å². The van der Waals surface area contributed by atoms with E-state index in [9.17, 15) is 10.2 Å². The second-order valence-corrected chi connectivity index (χ2v) is 7.56. The van der Waals surface area contributed by atoms with Crippen LogP contribution in [0.3, 0.4) is 0 Å². The van der Waals surface area contributed by atoms with Gasteiger partial charge in [-0.2, -0.15) is 0 Å². The molecule has 1 aromatic heterocycles. The van der Waals surface area contributed by atoms with Crippen LogP contribution in [-0.2, 0) is 6.54 Å². The monoisotopic (exact) mass is 375 g/mol. The molecule has 1 unspecified atom stereocenters. The normalized spacial score (nSPS) is 12.3. The number of hydrogen-bond donors (Lipinski definition) is 2. The van der Waals surface area contributed by atoms with Crippen molar-refractivity contribution in [3.8, 4) is 17.0 Å². The molecule has 0 saturated carbocycles. The highest BCUT2D eigenvalue weighted by atomic mass is 32.2. The standard InChI is InChI=1S/C23H21NO2S/c25-19(16-27-23-13-7-6-12-22(23)26)15-24-20-11-5-4-10-18(20)14-21(24)17-8-2-1-3-9-17/h1-14,19,25-26H,15-16H2. The van der Waals surface area contributed by atoms with Crippen molar-refractivity contribution < 1.29 is 10.2 Å². The molecule has 4 heteroatoms. The van der Waals surface area contributed by atoms with Gasteiger partial charge in [0.15, 0.2) is 0 Å². The Labute approximate surface area is 162 Å². The number of phenols is 1. The molecular weight excluding hydrogens is 354 g/mol. The van der Waals surface area contributed by atoms with Gasteiger partial charge in [-0.05, 0) is 29.8 Å². The Bertz CT molecular complexity index is 1040. The highest BCUT2D eigenvalue weighted by Crippen LogP contribution is 2.31. The van der Waals surface area contributed by atoms with E-state index < -0.39 is 6.10 Å². The maximum atomic E-state index is 10.7. The SMILES string of the molecule is Oc1ccccc1SCC(O)Cn1c(-c2ccccc2)cc2ccccc21. The summed E-state index contributed by atoms with van der Waals surface area (Å²) >= 11 is 1.47. The van der Waals surface area contributed by atoms with E-state index in [2.05, 4.69) is 34.9 Å². The summed E-state index contributed by atoms with van der Waals surface area (Å²) in [6, 6.07) is 27.9. The molecule has 3 aromatic carbocycles. The third kappa shape index (κ3) is 3.87. The average Bonchev–Trinajstić information content (AvgIpc) is 3.06. The van der Waals surface area contributed by atoms with Gasteiger partial charge in [-0.25, -0.2) is 0 Å². The van der Waals surface area contributed by atoms with Crippen molar-refractivity contribution in [1.29, 1.82) is 0 Å². The van der Waals surface area contributed by atoms with Gasteiger partial charge in [0.05, 0.1) is 6.10 Å². The molecule has 0 aliphatic rings. The van der Waals surface area contributed by atoms with Gasteiger partial charge in [-0.1, -0.05) is 60.7 Å². The van der Waals surface area contributed by atoms with Gasteiger partial charge < -0.3 is 14.8 Å². The molecule has 0 aliphatic heterocycles. The lowest BCUT2D eigenvalue weighted by molar-refractivity contribution is 0.180. The minimum Gasteiger partial charge on any atom is -0.507 e. The molecule has 0 amide bonds. The number of para-hydroxylation sites is 2. The summed E-state index contributed by atoms with van der Waals surface area (Å²) in [7, 11) is 0. The Hall–Kier alpha value is -2.69. The number of nitrogens with zero attached hydrogens (tertiary/aromatic N) is 1. The average molecular weight is 375 g/mol. The summed E-state index contributed by atoms with van der Waals surface area (Å²) in [5, 5.41) is 21.8. The van der Waals surface area contributed by atoms with Gasteiger partial charge in [0.1, 0.15) is 5.75 Å². The molecule has 0 saturated heterocycles. The third-order valence-electron chi connectivity index (χ3n) is 4.57. The number of aromatic hydroxyl groups is 1. The second kappa shape index (κ2) is 7.91. The molecule has 0 aliphatic carbocycles. The van der Waals surface area contributed by atoms with E-state index in [0.717, 1.165) is 27.1 Å². The molecule has 1 heterocycles. The third-order valence-corrected chi connectivity index (χ3v) is 5.78. The molecule has 0 bridgehead atoms. The van der Waals surface area contributed by atoms with Gasteiger partial charge in [0.25, 0.3) is 0 Å². The highest BCUT2D eigenvalue weighted by Gasteiger charge is 2.15. The zero-order valence-corrected chi connectivity index (χ0v) is 15.6. The number of aromatic nitrogens is 1. The fraction of sp³-hybridized carbons (Fsp3) is 0.130. The molecule has 27 heavy (non-hydrogen) atoms. The fourth-order valence-corrected chi connectivity index (χ4v) is 4.15. The highest BCUT2D eigenvalue weighted by molar-refractivity contribution is 7.99. The minimum atomic E-state index is -0.534. The van der Waals surface area contributed by atoms with E-state index in [4.69, 9.17) is 0 Å². The summed E-state index contributed by atoms with van der Waals surface area (Å²) in [4.78, 5) is 0.789. The first kappa shape index (κ1) is 17.7. The number of aliphatic hydroxyl groups excluding tert-OH is 1. The van der Waals surface area contributed by atoms with Crippen LogP contribution in [0.4, 0.5) is 0 Å². The van der Waals surface area contributed by atoms with Crippen LogP contribution in [-0.4, -0.2) is 26.6 Å². The molecule has 0 radical (unpaired) electrons. The van der Waals surface area contributed by atoms with Crippen molar-refractivity contribution in [3.63, 3.8) is 0 Å². The molecular formula is C23H21NO2S. The summed E-state index contributed by atoms with van der Waals surface area (Å²) in [6.07, 6.45) is -0.534. The van der Waals surface area contributed by atoms with Crippen LogP contribution >= 0.6 is 11.8 Å². The smallest absolute Gasteiger partial charge is 0.129 e. The van der Waals surface area contributed by atoms with Crippen LogP contribution in [0.2, 0.25) is 0 Å². The number of fused-ring (bicyclic) bond motifs is 1. The Morgan fingerprint density at radius 3 is 2.37 bits per heavy atom. The molecule has 4 aromatic rings. The predicted octanol–water partition coefficient (Wildman–Crippen LogP) is 5.17. The Morgan fingerprint density at radius 1 is 0.852 bits per heavy atom. The van der Waals surface area contributed by atoms with Crippen LogP contribution in [0, 0.1) is 0 Å². The molecule has 1 atom stereocenters. The Balaban J connectivity index is 1.60. The first-order valence-electron chi connectivity index (χ1n) is 8.95. The molecule has 0 fully saturated rings. The maximum Gasteiger partial charge on any atom is 0.129 e.